The number of benzene rings is 2. The number of halogens is 1. The van der Waals surface area contributed by atoms with E-state index in [2.05, 4.69) is 5.16 Å². The Hall–Kier alpha value is -2.42. The van der Waals surface area contributed by atoms with Gasteiger partial charge in [0.15, 0.2) is 0 Å². The van der Waals surface area contributed by atoms with Gasteiger partial charge in [0.2, 0.25) is 0 Å². The standard InChI is InChI=1S/C17H14FNO/c1-12(17-9-10-19-20-17)14-7-8-15(16(18)11-14)13-5-3-2-4-6-13/h2-12H,1H3. The maximum Gasteiger partial charge on any atom is 0.143 e. The Bertz CT molecular complexity index is 692. The van der Waals surface area contributed by atoms with E-state index in [1.807, 2.05) is 49.4 Å². The van der Waals surface area contributed by atoms with Crippen LogP contribution in [0.3, 0.4) is 0 Å². The lowest BCUT2D eigenvalue weighted by Crippen LogP contribution is -1.96. The molecule has 20 heavy (non-hydrogen) atoms. The van der Waals surface area contributed by atoms with Crippen LogP contribution in [-0.2, 0) is 0 Å². The van der Waals surface area contributed by atoms with Crippen molar-refractivity contribution >= 4 is 0 Å². The zero-order valence-corrected chi connectivity index (χ0v) is 11.1. The van der Waals surface area contributed by atoms with Gasteiger partial charge in [0, 0.05) is 17.5 Å². The van der Waals surface area contributed by atoms with Gasteiger partial charge in [-0.1, -0.05) is 54.5 Å². The summed E-state index contributed by atoms with van der Waals surface area (Å²) in [6.45, 7) is 1.97. The van der Waals surface area contributed by atoms with E-state index in [1.165, 1.54) is 0 Å². The summed E-state index contributed by atoms with van der Waals surface area (Å²) in [5.74, 6) is 0.494. The third-order valence-corrected chi connectivity index (χ3v) is 3.46. The van der Waals surface area contributed by atoms with Crippen LogP contribution in [0.1, 0.15) is 24.2 Å². The Balaban J connectivity index is 1.96. The van der Waals surface area contributed by atoms with Gasteiger partial charge in [-0.15, -0.1) is 0 Å². The molecule has 3 heteroatoms. The predicted octanol–water partition coefficient (Wildman–Crippen LogP) is 4.63. The Morgan fingerprint density at radius 1 is 1.05 bits per heavy atom. The average Bonchev–Trinajstić information content (AvgIpc) is 3.01. The molecule has 0 saturated carbocycles. The zero-order chi connectivity index (χ0) is 13.9. The van der Waals surface area contributed by atoms with Gasteiger partial charge in [0.05, 0.1) is 6.20 Å². The van der Waals surface area contributed by atoms with Crippen molar-refractivity contribution in [3.8, 4) is 11.1 Å². The zero-order valence-electron chi connectivity index (χ0n) is 11.1. The fourth-order valence-corrected chi connectivity index (χ4v) is 2.27. The molecule has 0 bridgehead atoms. The highest BCUT2D eigenvalue weighted by atomic mass is 19.1. The molecule has 3 aromatic rings. The van der Waals surface area contributed by atoms with Crippen LogP contribution in [0.25, 0.3) is 11.1 Å². The van der Waals surface area contributed by atoms with E-state index in [0.717, 1.165) is 16.9 Å². The van der Waals surface area contributed by atoms with Gasteiger partial charge >= 0.3 is 0 Å². The van der Waals surface area contributed by atoms with Gasteiger partial charge in [0.1, 0.15) is 11.6 Å². The lowest BCUT2D eigenvalue weighted by molar-refractivity contribution is 0.375. The minimum atomic E-state index is -0.222. The Morgan fingerprint density at radius 2 is 1.85 bits per heavy atom. The molecule has 3 rings (SSSR count). The van der Waals surface area contributed by atoms with Crippen molar-refractivity contribution < 1.29 is 8.91 Å². The molecule has 0 aliphatic rings. The highest BCUT2D eigenvalue weighted by Crippen LogP contribution is 2.29. The third kappa shape index (κ3) is 2.35. The molecule has 2 aromatic carbocycles. The van der Waals surface area contributed by atoms with E-state index in [0.29, 0.717) is 5.56 Å². The molecule has 0 saturated heterocycles. The van der Waals surface area contributed by atoms with Crippen LogP contribution < -0.4 is 0 Å². The highest BCUT2D eigenvalue weighted by Gasteiger charge is 2.14. The molecule has 0 spiro atoms. The average molecular weight is 267 g/mol. The van der Waals surface area contributed by atoms with Crippen molar-refractivity contribution in [2.24, 2.45) is 0 Å². The molecule has 0 amide bonds. The monoisotopic (exact) mass is 267 g/mol. The molecule has 1 atom stereocenters. The first-order chi connectivity index (χ1) is 9.75. The van der Waals surface area contributed by atoms with Crippen molar-refractivity contribution in [3.63, 3.8) is 0 Å². The second-order valence-electron chi connectivity index (χ2n) is 4.74. The number of hydrogen-bond donors (Lipinski definition) is 0. The van der Waals surface area contributed by atoms with Gasteiger partial charge in [-0.05, 0) is 17.2 Å². The topological polar surface area (TPSA) is 26.0 Å². The van der Waals surface area contributed by atoms with E-state index in [4.69, 9.17) is 4.52 Å². The van der Waals surface area contributed by atoms with E-state index >= 15 is 0 Å². The quantitative estimate of drug-likeness (QED) is 0.691. The summed E-state index contributed by atoms with van der Waals surface area (Å²) >= 11 is 0. The summed E-state index contributed by atoms with van der Waals surface area (Å²) in [6.07, 6.45) is 1.60. The Labute approximate surface area is 116 Å². The maximum absolute atomic E-state index is 14.3. The highest BCUT2D eigenvalue weighted by molar-refractivity contribution is 5.64. The second kappa shape index (κ2) is 5.29. The van der Waals surface area contributed by atoms with Crippen LogP contribution >= 0.6 is 0 Å². The molecule has 0 fully saturated rings. The van der Waals surface area contributed by atoms with Gasteiger partial charge < -0.3 is 4.52 Å². The van der Waals surface area contributed by atoms with E-state index in [9.17, 15) is 4.39 Å². The molecular formula is C17H14FNO. The van der Waals surface area contributed by atoms with Crippen LogP contribution in [0.15, 0.2) is 65.3 Å². The fraction of sp³-hybridized carbons (Fsp3) is 0.118. The SMILES string of the molecule is CC(c1ccc(-c2ccccc2)c(F)c1)c1ccno1. The van der Waals surface area contributed by atoms with Crippen LogP contribution in [0, 0.1) is 5.82 Å². The van der Waals surface area contributed by atoms with Crippen molar-refractivity contribution in [2.75, 3.05) is 0 Å². The summed E-state index contributed by atoms with van der Waals surface area (Å²) in [7, 11) is 0. The minimum absolute atomic E-state index is 0.0168. The molecule has 0 aliphatic heterocycles. The van der Waals surface area contributed by atoms with Crippen LogP contribution in [0.4, 0.5) is 4.39 Å². The molecule has 100 valence electrons. The number of hydrogen-bond acceptors (Lipinski definition) is 2. The first-order valence-corrected chi connectivity index (χ1v) is 6.51. The summed E-state index contributed by atoms with van der Waals surface area (Å²) in [5, 5.41) is 3.69. The van der Waals surface area contributed by atoms with Crippen molar-refractivity contribution in [1.29, 1.82) is 0 Å². The van der Waals surface area contributed by atoms with Crippen LogP contribution in [0.5, 0.6) is 0 Å². The largest absolute Gasteiger partial charge is 0.361 e. The summed E-state index contributed by atoms with van der Waals surface area (Å²) in [4.78, 5) is 0. The molecule has 0 N–H and O–H groups in total. The van der Waals surface area contributed by atoms with Gasteiger partial charge in [0.25, 0.3) is 0 Å². The molecule has 1 unspecified atom stereocenters. The van der Waals surface area contributed by atoms with Crippen molar-refractivity contribution in [3.05, 3.63) is 77.9 Å². The van der Waals surface area contributed by atoms with Crippen molar-refractivity contribution in [2.45, 2.75) is 12.8 Å². The van der Waals surface area contributed by atoms with E-state index in [-0.39, 0.29) is 11.7 Å². The number of aromatic nitrogens is 1. The summed E-state index contributed by atoms with van der Waals surface area (Å²) in [6, 6.07) is 16.6. The molecule has 0 aliphatic carbocycles. The summed E-state index contributed by atoms with van der Waals surface area (Å²) in [5.41, 5.74) is 2.36. The summed E-state index contributed by atoms with van der Waals surface area (Å²) < 4.78 is 19.4. The smallest absolute Gasteiger partial charge is 0.143 e. The number of nitrogens with zero attached hydrogens (tertiary/aromatic N) is 1. The predicted molar refractivity (Wildman–Crippen MR) is 75.9 cm³/mol. The second-order valence-corrected chi connectivity index (χ2v) is 4.74. The first kappa shape index (κ1) is 12.6. The molecule has 1 aromatic heterocycles. The Morgan fingerprint density at radius 3 is 2.50 bits per heavy atom. The van der Waals surface area contributed by atoms with Gasteiger partial charge in [-0.2, -0.15) is 0 Å². The fourth-order valence-electron chi connectivity index (χ4n) is 2.27. The van der Waals surface area contributed by atoms with Gasteiger partial charge in [-0.25, -0.2) is 4.39 Å². The van der Waals surface area contributed by atoms with Crippen LogP contribution in [-0.4, -0.2) is 5.16 Å². The lowest BCUT2D eigenvalue weighted by atomic mass is 9.95. The molecular weight excluding hydrogens is 253 g/mol. The van der Waals surface area contributed by atoms with Crippen LogP contribution in [0.2, 0.25) is 0 Å². The lowest BCUT2D eigenvalue weighted by Gasteiger charge is -2.10. The van der Waals surface area contributed by atoms with Crippen molar-refractivity contribution in [1.82, 2.24) is 5.16 Å². The number of rotatable bonds is 3. The first-order valence-electron chi connectivity index (χ1n) is 6.51. The molecule has 0 radical (unpaired) electrons. The maximum atomic E-state index is 14.3. The molecule has 1 heterocycles. The molecule has 2 nitrogen and oxygen atoms in total. The third-order valence-electron chi connectivity index (χ3n) is 3.46. The van der Waals surface area contributed by atoms with E-state index in [1.54, 1.807) is 18.3 Å². The Kier molecular flexibility index (Phi) is 3.33. The normalized spacial score (nSPS) is 12.3. The minimum Gasteiger partial charge on any atom is -0.361 e. The van der Waals surface area contributed by atoms with E-state index < -0.39 is 0 Å². The van der Waals surface area contributed by atoms with Gasteiger partial charge in [-0.3, -0.25) is 0 Å².